The number of rotatable bonds is 5. The lowest BCUT2D eigenvalue weighted by Crippen LogP contribution is -2.35. The van der Waals surface area contributed by atoms with Crippen LogP contribution in [0.3, 0.4) is 0 Å². The summed E-state index contributed by atoms with van der Waals surface area (Å²) in [5, 5.41) is 0. The Labute approximate surface area is 132 Å². The Balaban J connectivity index is 1.41. The zero-order valence-electron chi connectivity index (χ0n) is 13.5. The molecule has 1 fully saturated rings. The Hall–Kier alpha value is -1.36. The number of fused-ring (bicyclic) bond motifs is 1. The quantitative estimate of drug-likeness (QED) is 0.838. The Morgan fingerprint density at radius 1 is 1.45 bits per heavy atom. The van der Waals surface area contributed by atoms with E-state index in [0.717, 1.165) is 51.2 Å². The molecule has 5 heteroatoms. The number of nitrogens with zero attached hydrogens (tertiary/aromatic N) is 3. The number of amides is 1. The van der Waals surface area contributed by atoms with Crippen LogP contribution in [-0.4, -0.2) is 46.7 Å². The predicted molar refractivity (Wildman–Crippen MR) is 84.5 cm³/mol. The molecule has 1 aromatic heterocycles. The highest BCUT2D eigenvalue weighted by atomic mass is 16.5. The minimum Gasteiger partial charge on any atom is -0.378 e. The lowest BCUT2D eigenvalue weighted by Gasteiger charge is -2.28. The van der Waals surface area contributed by atoms with Crippen LogP contribution in [0.25, 0.3) is 0 Å². The SMILES string of the molecule is CN(C[C@@H]1CCn2ccnc2C1)C(=O)CC[C@@H]1CCCCO1. The molecule has 22 heavy (non-hydrogen) atoms. The van der Waals surface area contributed by atoms with Crippen LogP contribution >= 0.6 is 0 Å². The number of ether oxygens (including phenoxy) is 1. The molecule has 1 saturated heterocycles. The zero-order chi connectivity index (χ0) is 15.4. The second kappa shape index (κ2) is 7.27. The van der Waals surface area contributed by atoms with E-state index in [1.54, 1.807) is 0 Å². The van der Waals surface area contributed by atoms with Crippen molar-refractivity contribution in [1.82, 2.24) is 14.5 Å². The van der Waals surface area contributed by atoms with Crippen LogP contribution in [0.5, 0.6) is 0 Å². The van der Waals surface area contributed by atoms with Crippen LogP contribution in [-0.2, 0) is 22.5 Å². The molecule has 3 heterocycles. The number of aryl methyl sites for hydroxylation is 1. The summed E-state index contributed by atoms with van der Waals surface area (Å²) < 4.78 is 7.93. The molecule has 3 rings (SSSR count). The maximum Gasteiger partial charge on any atom is 0.222 e. The summed E-state index contributed by atoms with van der Waals surface area (Å²) >= 11 is 0. The van der Waals surface area contributed by atoms with Gasteiger partial charge in [-0.25, -0.2) is 4.98 Å². The van der Waals surface area contributed by atoms with Gasteiger partial charge < -0.3 is 14.2 Å². The third-order valence-electron chi connectivity index (χ3n) is 4.96. The number of carbonyl (C=O) groups is 1. The summed E-state index contributed by atoms with van der Waals surface area (Å²) in [6.45, 7) is 2.73. The molecule has 0 aliphatic carbocycles. The molecule has 1 amide bonds. The molecule has 2 atom stereocenters. The molecule has 0 radical (unpaired) electrons. The lowest BCUT2D eigenvalue weighted by atomic mass is 9.97. The minimum absolute atomic E-state index is 0.253. The largest absolute Gasteiger partial charge is 0.378 e. The van der Waals surface area contributed by atoms with Gasteiger partial charge in [-0.15, -0.1) is 0 Å². The number of carbonyl (C=O) groups excluding carboxylic acids is 1. The molecular weight excluding hydrogens is 278 g/mol. The van der Waals surface area contributed by atoms with Gasteiger partial charge in [0, 0.05) is 52.0 Å². The fraction of sp³-hybridized carbons (Fsp3) is 0.765. The maximum absolute atomic E-state index is 12.3. The Morgan fingerprint density at radius 3 is 3.18 bits per heavy atom. The molecule has 5 nitrogen and oxygen atoms in total. The summed E-state index contributed by atoms with van der Waals surface area (Å²) in [6.07, 6.45) is 11.3. The van der Waals surface area contributed by atoms with E-state index in [9.17, 15) is 4.79 Å². The fourth-order valence-corrected chi connectivity index (χ4v) is 3.57. The second-order valence-electron chi connectivity index (χ2n) is 6.70. The van der Waals surface area contributed by atoms with Gasteiger partial charge in [0.05, 0.1) is 6.10 Å². The van der Waals surface area contributed by atoms with E-state index in [1.165, 1.54) is 12.8 Å². The molecular formula is C17H27N3O2. The van der Waals surface area contributed by atoms with Crippen LogP contribution in [0.4, 0.5) is 0 Å². The fourth-order valence-electron chi connectivity index (χ4n) is 3.57. The van der Waals surface area contributed by atoms with Gasteiger partial charge in [-0.3, -0.25) is 4.79 Å². The Bertz CT molecular complexity index is 494. The molecule has 0 spiro atoms. The van der Waals surface area contributed by atoms with E-state index in [-0.39, 0.29) is 5.91 Å². The summed E-state index contributed by atoms with van der Waals surface area (Å²) in [5.41, 5.74) is 0. The van der Waals surface area contributed by atoms with Gasteiger partial charge in [0.15, 0.2) is 0 Å². The van der Waals surface area contributed by atoms with Crippen molar-refractivity contribution in [3.63, 3.8) is 0 Å². The standard InChI is InChI=1S/C17H27N3O2/c1-19(17(21)6-5-15-4-2-3-11-22-15)13-14-7-9-20-10-8-18-16(20)12-14/h8,10,14-15H,2-7,9,11-13H2,1H3/t14-,15+/m1/s1. The van der Waals surface area contributed by atoms with Gasteiger partial charge in [0.1, 0.15) is 5.82 Å². The summed E-state index contributed by atoms with van der Waals surface area (Å²) in [7, 11) is 1.94. The number of imidazole rings is 1. The van der Waals surface area contributed by atoms with E-state index in [4.69, 9.17) is 4.74 Å². The summed E-state index contributed by atoms with van der Waals surface area (Å²) in [5.74, 6) is 1.95. The van der Waals surface area contributed by atoms with Gasteiger partial charge in [-0.1, -0.05) is 0 Å². The van der Waals surface area contributed by atoms with Crippen LogP contribution in [0.15, 0.2) is 12.4 Å². The third kappa shape index (κ3) is 3.88. The van der Waals surface area contributed by atoms with Gasteiger partial charge in [0.25, 0.3) is 0 Å². The van der Waals surface area contributed by atoms with Crippen LogP contribution in [0.2, 0.25) is 0 Å². The molecule has 0 unspecified atom stereocenters. The van der Waals surface area contributed by atoms with Crippen LogP contribution < -0.4 is 0 Å². The van der Waals surface area contributed by atoms with Gasteiger partial charge in [-0.2, -0.15) is 0 Å². The smallest absolute Gasteiger partial charge is 0.222 e. The van der Waals surface area contributed by atoms with E-state index < -0.39 is 0 Å². The first-order valence-corrected chi connectivity index (χ1v) is 8.58. The molecule has 2 aliphatic rings. The van der Waals surface area contributed by atoms with Gasteiger partial charge in [0.2, 0.25) is 5.91 Å². The van der Waals surface area contributed by atoms with Gasteiger partial charge >= 0.3 is 0 Å². The monoisotopic (exact) mass is 305 g/mol. The predicted octanol–water partition coefficient (Wildman–Crippen LogP) is 2.25. The first kappa shape index (κ1) is 15.5. The van der Waals surface area contributed by atoms with Crippen molar-refractivity contribution in [2.75, 3.05) is 20.2 Å². The van der Waals surface area contributed by atoms with Crippen molar-refractivity contribution in [3.8, 4) is 0 Å². The topological polar surface area (TPSA) is 47.4 Å². The normalized spacial score (nSPS) is 24.8. The summed E-state index contributed by atoms with van der Waals surface area (Å²) in [4.78, 5) is 18.6. The van der Waals surface area contributed by atoms with Crippen molar-refractivity contribution in [3.05, 3.63) is 18.2 Å². The Morgan fingerprint density at radius 2 is 2.36 bits per heavy atom. The van der Waals surface area contributed by atoms with Crippen molar-refractivity contribution >= 4 is 5.91 Å². The first-order chi connectivity index (χ1) is 10.7. The van der Waals surface area contributed by atoms with E-state index in [2.05, 4.69) is 9.55 Å². The zero-order valence-corrected chi connectivity index (χ0v) is 13.5. The van der Waals surface area contributed by atoms with E-state index in [0.29, 0.717) is 18.4 Å². The van der Waals surface area contributed by atoms with Crippen molar-refractivity contribution in [2.24, 2.45) is 5.92 Å². The Kier molecular flexibility index (Phi) is 5.13. The van der Waals surface area contributed by atoms with Crippen LogP contribution in [0.1, 0.15) is 44.3 Å². The molecule has 2 aliphatic heterocycles. The highest BCUT2D eigenvalue weighted by Gasteiger charge is 2.23. The molecule has 0 aromatic carbocycles. The average molecular weight is 305 g/mol. The second-order valence-corrected chi connectivity index (χ2v) is 6.70. The third-order valence-corrected chi connectivity index (χ3v) is 4.96. The first-order valence-electron chi connectivity index (χ1n) is 8.58. The average Bonchev–Trinajstić information content (AvgIpc) is 3.01. The summed E-state index contributed by atoms with van der Waals surface area (Å²) in [6, 6.07) is 0. The van der Waals surface area contributed by atoms with E-state index in [1.807, 2.05) is 24.3 Å². The van der Waals surface area contributed by atoms with Gasteiger partial charge in [-0.05, 0) is 38.0 Å². The van der Waals surface area contributed by atoms with Crippen molar-refractivity contribution < 1.29 is 9.53 Å². The highest BCUT2D eigenvalue weighted by Crippen LogP contribution is 2.21. The van der Waals surface area contributed by atoms with Crippen LogP contribution in [0, 0.1) is 5.92 Å². The van der Waals surface area contributed by atoms with Crippen molar-refractivity contribution in [2.45, 2.75) is 57.6 Å². The minimum atomic E-state index is 0.253. The maximum atomic E-state index is 12.3. The van der Waals surface area contributed by atoms with E-state index >= 15 is 0 Å². The molecule has 0 saturated carbocycles. The number of hydrogen-bond donors (Lipinski definition) is 0. The lowest BCUT2D eigenvalue weighted by molar-refractivity contribution is -0.131. The van der Waals surface area contributed by atoms with Crippen molar-refractivity contribution in [1.29, 1.82) is 0 Å². The highest BCUT2D eigenvalue weighted by molar-refractivity contribution is 5.75. The molecule has 0 bridgehead atoms. The molecule has 1 aromatic rings. The number of hydrogen-bond acceptors (Lipinski definition) is 3. The molecule has 0 N–H and O–H groups in total. The number of aromatic nitrogens is 2. The molecule has 122 valence electrons.